The Balaban J connectivity index is 2.43. The predicted molar refractivity (Wildman–Crippen MR) is 41.8 cm³/mol. The van der Waals surface area contributed by atoms with Gasteiger partial charge in [-0.25, -0.2) is 0 Å². The van der Waals surface area contributed by atoms with Gasteiger partial charge in [-0.1, -0.05) is 13.8 Å². The second kappa shape index (κ2) is 2.89. The summed E-state index contributed by atoms with van der Waals surface area (Å²) in [4.78, 5) is 0. The molecule has 2 nitrogen and oxygen atoms in total. The van der Waals surface area contributed by atoms with E-state index in [9.17, 15) is 0 Å². The van der Waals surface area contributed by atoms with E-state index >= 15 is 0 Å². The first-order chi connectivity index (χ1) is 4.67. The van der Waals surface area contributed by atoms with E-state index < -0.39 is 0 Å². The van der Waals surface area contributed by atoms with E-state index in [1.807, 2.05) is 0 Å². The molecule has 1 saturated heterocycles. The van der Waals surface area contributed by atoms with Crippen LogP contribution in [-0.4, -0.2) is 19.3 Å². The molecular formula is C8H17NO. The fourth-order valence-electron chi connectivity index (χ4n) is 1.48. The van der Waals surface area contributed by atoms with Crippen molar-refractivity contribution < 1.29 is 4.74 Å². The van der Waals surface area contributed by atoms with Crippen molar-refractivity contribution in [2.45, 2.75) is 32.8 Å². The minimum Gasteiger partial charge on any atom is -0.378 e. The van der Waals surface area contributed by atoms with Crippen molar-refractivity contribution in [1.82, 2.24) is 0 Å². The molecule has 1 aliphatic rings. The van der Waals surface area contributed by atoms with E-state index in [1.165, 1.54) is 6.42 Å². The van der Waals surface area contributed by atoms with Crippen LogP contribution in [0.3, 0.4) is 0 Å². The number of nitrogens with two attached hydrogens (primary N) is 1. The fourth-order valence-corrected chi connectivity index (χ4v) is 1.48. The van der Waals surface area contributed by atoms with Crippen molar-refractivity contribution in [1.29, 1.82) is 0 Å². The molecule has 60 valence electrons. The zero-order valence-electron chi connectivity index (χ0n) is 6.89. The normalized spacial score (nSPS) is 30.9. The molecule has 1 heterocycles. The first kappa shape index (κ1) is 8.02. The molecule has 2 heteroatoms. The van der Waals surface area contributed by atoms with Crippen LogP contribution in [0.15, 0.2) is 0 Å². The van der Waals surface area contributed by atoms with Crippen LogP contribution in [-0.2, 0) is 4.74 Å². The second-order valence-corrected chi connectivity index (χ2v) is 3.68. The van der Waals surface area contributed by atoms with Gasteiger partial charge in [0.25, 0.3) is 0 Å². The molecule has 0 aromatic carbocycles. The largest absolute Gasteiger partial charge is 0.378 e. The lowest BCUT2D eigenvalue weighted by molar-refractivity contribution is 0.0591. The van der Waals surface area contributed by atoms with Crippen molar-refractivity contribution in [3.8, 4) is 0 Å². The minimum absolute atomic E-state index is 0.360. The van der Waals surface area contributed by atoms with Crippen LogP contribution in [0, 0.1) is 5.41 Å². The summed E-state index contributed by atoms with van der Waals surface area (Å²) in [7, 11) is 0. The molecule has 0 radical (unpaired) electrons. The van der Waals surface area contributed by atoms with Crippen LogP contribution < -0.4 is 5.73 Å². The number of rotatable bonds is 2. The highest BCUT2D eigenvalue weighted by atomic mass is 16.5. The minimum atomic E-state index is 0.360. The highest BCUT2D eigenvalue weighted by Gasteiger charge is 2.34. The van der Waals surface area contributed by atoms with E-state index in [1.54, 1.807) is 0 Å². The van der Waals surface area contributed by atoms with E-state index in [0.29, 0.717) is 11.5 Å². The summed E-state index contributed by atoms with van der Waals surface area (Å²) in [5, 5.41) is 0. The molecular weight excluding hydrogens is 126 g/mol. The first-order valence-electron chi connectivity index (χ1n) is 3.98. The zero-order valence-corrected chi connectivity index (χ0v) is 6.89. The van der Waals surface area contributed by atoms with Gasteiger partial charge in [-0.2, -0.15) is 0 Å². The predicted octanol–water partition coefficient (Wildman–Crippen LogP) is 1.15. The molecule has 1 rings (SSSR count). The average molecular weight is 143 g/mol. The molecule has 1 fully saturated rings. The standard InChI is InChI=1S/C8H17NO/c1-8(2)4-6-10-7(8)3-5-9/h7H,3-6,9H2,1-2H3. The maximum atomic E-state index is 5.53. The van der Waals surface area contributed by atoms with E-state index in [-0.39, 0.29) is 0 Å². The van der Waals surface area contributed by atoms with Gasteiger partial charge >= 0.3 is 0 Å². The maximum absolute atomic E-state index is 5.53. The third-order valence-electron chi connectivity index (χ3n) is 2.37. The molecule has 1 atom stereocenters. The molecule has 1 unspecified atom stereocenters. The molecule has 0 amide bonds. The van der Waals surface area contributed by atoms with Gasteiger partial charge in [-0.3, -0.25) is 0 Å². The smallest absolute Gasteiger partial charge is 0.0638 e. The summed E-state index contributed by atoms with van der Waals surface area (Å²) in [5.74, 6) is 0. The summed E-state index contributed by atoms with van der Waals surface area (Å²) >= 11 is 0. The number of hydrogen-bond acceptors (Lipinski definition) is 2. The van der Waals surface area contributed by atoms with E-state index in [2.05, 4.69) is 13.8 Å². The molecule has 10 heavy (non-hydrogen) atoms. The third kappa shape index (κ3) is 1.50. The van der Waals surface area contributed by atoms with Crippen molar-refractivity contribution in [2.75, 3.05) is 13.2 Å². The lowest BCUT2D eigenvalue weighted by Gasteiger charge is -2.24. The Bertz CT molecular complexity index is 112. The molecule has 0 saturated carbocycles. The molecule has 1 aliphatic heterocycles. The SMILES string of the molecule is CC1(C)CCOC1CCN. The highest BCUT2D eigenvalue weighted by Crippen LogP contribution is 2.34. The van der Waals surface area contributed by atoms with Crippen molar-refractivity contribution >= 4 is 0 Å². The van der Waals surface area contributed by atoms with Crippen LogP contribution in [0.4, 0.5) is 0 Å². The van der Waals surface area contributed by atoms with Crippen LogP contribution in [0.25, 0.3) is 0 Å². The summed E-state index contributed by atoms with van der Waals surface area (Å²) in [5.41, 5.74) is 5.81. The Labute approximate surface area is 62.7 Å². The number of hydrogen-bond donors (Lipinski definition) is 1. The van der Waals surface area contributed by atoms with Crippen LogP contribution in [0.2, 0.25) is 0 Å². The van der Waals surface area contributed by atoms with Crippen LogP contribution >= 0.6 is 0 Å². The van der Waals surface area contributed by atoms with E-state index in [0.717, 1.165) is 19.6 Å². The monoisotopic (exact) mass is 143 g/mol. The summed E-state index contributed by atoms with van der Waals surface area (Å²) in [6, 6.07) is 0. The maximum Gasteiger partial charge on any atom is 0.0638 e. The first-order valence-corrected chi connectivity index (χ1v) is 3.98. The molecule has 0 aromatic rings. The Morgan fingerprint density at radius 3 is 2.70 bits per heavy atom. The van der Waals surface area contributed by atoms with Gasteiger partial charge in [-0.15, -0.1) is 0 Å². The molecule has 0 bridgehead atoms. The molecule has 0 aliphatic carbocycles. The van der Waals surface area contributed by atoms with Crippen molar-refractivity contribution in [3.63, 3.8) is 0 Å². The highest BCUT2D eigenvalue weighted by molar-refractivity contribution is 4.83. The van der Waals surface area contributed by atoms with Gasteiger partial charge in [0.1, 0.15) is 0 Å². The van der Waals surface area contributed by atoms with Gasteiger partial charge in [0, 0.05) is 6.61 Å². The average Bonchev–Trinajstić information content (AvgIpc) is 2.13. The Morgan fingerprint density at radius 2 is 2.30 bits per heavy atom. The van der Waals surface area contributed by atoms with Crippen molar-refractivity contribution in [3.05, 3.63) is 0 Å². The van der Waals surface area contributed by atoms with Crippen LogP contribution in [0.5, 0.6) is 0 Å². The van der Waals surface area contributed by atoms with Gasteiger partial charge in [0.15, 0.2) is 0 Å². The Kier molecular flexibility index (Phi) is 2.32. The van der Waals surface area contributed by atoms with Crippen LogP contribution in [0.1, 0.15) is 26.7 Å². The Morgan fingerprint density at radius 1 is 1.60 bits per heavy atom. The summed E-state index contributed by atoms with van der Waals surface area (Å²) in [6.07, 6.45) is 2.59. The zero-order chi connectivity index (χ0) is 7.61. The Hall–Kier alpha value is -0.0800. The topological polar surface area (TPSA) is 35.2 Å². The third-order valence-corrected chi connectivity index (χ3v) is 2.37. The van der Waals surface area contributed by atoms with Gasteiger partial charge in [0.05, 0.1) is 6.10 Å². The molecule has 0 aromatic heterocycles. The van der Waals surface area contributed by atoms with Gasteiger partial charge < -0.3 is 10.5 Å². The lowest BCUT2D eigenvalue weighted by atomic mass is 9.84. The summed E-state index contributed by atoms with van der Waals surface area (Å²) in [6.45, 7) is 6.16. The second-order valence-electron chi connectivity index (χ2n) is 3.68. The molecule has 0 spiro atoms. The molecule has 2 N–H and O–H groups in total. The van der Waals surface area contributed by atoms with Gasteiger partial charge in [0.2, 0.25) is 0 Å². The fraction of sp³-hybridized carbons (Fsp3) is 1.00. The number of ether oxygens (including phenoxy) is 1. The quantitative estimate of drug-likeness (QED) is 0.629. The van der Waals surface area contributed by atoms with Crippen molar-refractivity contribution in [2.24, 2.45) is 11.1 Å². The summed E-state index contributed by atoms with van der Waals surface area (Å²) < 4.78 is 5.53. The van der Waals surface area contributed by atoms with Gasteiger partial charge in [-0.05, 0) is 24.8 Å². The van der Waals surface area contributed by atoms with E-state index in [4.69, 9.17) is 10.5 Å². The lowest BCUT2D eigenvalue weighted by Crippen LogP contribution is -2.26.